The Morgan fingerprint density at radius 1 is 1.28 bits per heavy atom. The molecule has 3 unspecified atom stereocenters. The minimum atomic E-state index is -1.35. The molecule has 7 nitrogen and oxygen atoms in total. The van der Waals surface area contributed by atoms with E-state index in [2.05, 4.69) is 29.3 Å². The van der Waals surface area contributed by atoms with E-state index in [1.807, 2.05) is 30.3 Å². The number of aliphatic hydroxyl groups excluding tert-OH is 3. The van der Waals surface area contributed by atoms with E-state index < -0.39 is 24.7 Å². The number of benzene rings is 2. The lowest BCUT2D eigenvalue weighted by Gasteiger charge is -2.15. The van der Waals surface area contributed by atoms with Gasteiger partial charge in [-0.05, 0) is 47.0 Å². The monoisotopic (exact) mass is 395 g/mol. The number of fused-ring (bicyclic) bond motifs is 1. The zero-order valence-electron chi connectivity index (χ0n) is 16.2. The molecule has 0 saturated carbocycles. The van der Waals surface area contributed by atoms with Crippen LogP contribution in [0.2, 0.25) is 0 Å². The van der Waals surface area contributed by atoms with Gasteiger partial charge in [-0.3, -0.25) is 4.79 Å². The maximum absolute atomic E-state index is 12.2. The van der Waals surface area contributed by atoms with Gasteiger partial charge >= 0.3 is 0 Å². The molecule has 1 heterocycles. The number of nitrogens with zero attached hydrogens (tertiary/aromatic N) is 2. The Balaban J connectivity index is 1.72. The quantitative estimate of drug-likeness (QED) is 0.303. The van der Waals surface area contributed by atoms with Crippen LogP contribution in [0.1, 0.15) is 18.9 Å². The van der Waals surface area contributed by atoms with Crippen LogP contribution in [0.3, 0.4) is 0 Å². The van der Waals surface area contributed by atoms with E-state index in [4.69, 9.17) is 5.11 Å². The first-order valence-corrected chi connectivity index (χ1v) is 9.64. The van der Waals surface area contributed by atoms with Gasteiger partial charge in [-0.1, -0.05) is 25.1 Å². The lowest BCUT2D eigenvalue weighted by Crippen LogP contribution is -2.40. The molecule has 0 bridgehead atoms. The van der Waals surface area contributed by atoms with Gasteiger partial charge in [-0.25, -0.2) is 0 Å². The molecule has 2 aromatic carbocycles. The van der Waals surface area contributed by atoms with E-state index in [1.165, 1.54) is 11.8 Å². The number of nitrogens with one attached hydrogen (secondary N) is 1. The van der Waals surface area contributed by atoms with Crippen LogP contribution in [0.5, 0.6) is 0 Å². The number of hydrogen-bond acceptors (Lipinski definition) is 6. The third-order valence-corrected chi connectivity index (χ3v) is 5.14. The van der Waals surface area contributed by atoms with Gasteiger partial charge in [0.25, 0.3) is 5.91 Å². The van der Waals surface area contributed by atoms with E-state index in [0.717, 1.165) is 23.7 Å². The Morgan fingerprint density at radius 3 is 2.66 bits per heavy atom. The van der Waals surface area contributed by atoms with E-state index in [0.29, 0.717) is 11.6 Å². The number of carbonyl (C=O) groups is 1. The van der Waals surface area contributed by atoms with Gasteiger partial charge in [0.05, 0.1) is 12.7 Å². The fraction of sp³-hybridized carbons (Fsp3) is 0.364. The number of carbonyl (C=O) groups excluding carboxylic acids is 1. The Hall–Kier alpha value is -2.92. The number of anilines is 1. The topological polar surface area (TPSA) is 117 Å². The predicted octanol–water partition coefficient (Wildman–Crippen LogP) is 1.18. The Kier molecular flexibility index (Phi) is 6.49. The molecule has 0 aromatic heterocycles. The average Bonchev–Trinajstić information content (AvgIpc) is 3.54. The van der Waals surface area contributed by atoms with Crippen LogP contribution in [0.4, 0.5) is 5.69 Å². The summed E-state index contributed by atoms with van der Waals surface area (Å²) in [5.74, 6) is -0.653. The van der Waals surface area contributed by atoms with Crippen molar-refractivity contribution >= 4 is 28.4 Å². The molecule has 0 spiro atoms. The van der Waals surface area contributed by atoms with Crippen LogP contribution in [0, 0.1) is 11.3 Å². The van der Waals surface area contributed by atoms with Crippen LogP contribution in [0.25, 0.3) is 16.8 Å². The normalized spacial score (nSPS) is 18.2. The zero-order valence-corrected chi connectivity index (χ0v) is 16.2. The molecule has 1 saturated heterocycles. The largest absolute Gasteiger partial charge is 0.394 e. The van der Waals surface area contributed by atoms with Crippen LogP contribution >= 0.6 is 0 Å². The maximum atomic E-state index is 12.2. The molecule has 152 valence electrons. The highest BCUT2D eigenvalue weighted by Gasteiger charge is 2.31. The molecule has 1 aliphatic heterocycles. The van der Waals surface area contributed by atoms with Gasteiger partial charge in [0.1, 0.15) is 17.7 Å². The minimum absolute atomic E-state index is 0.110. The molecular formula is C22H25N3O4. The standard InChI is InChI=1S/C22H25N3O4/c1-2-18-12-25(18)19-6-5-15-7-14(3-4-16(15)9-19)8-17(10-23)22(29)24-11-20(27)21(28)13-26/h3-9,18,20-21,26-28H,2,11-13H2,1H3,(H,24,29)/b17-8+. The highest BCUT2D eigenvalue weighted by Crippen LogP contribution is 2.32. The van der Waals surface area contributed by atoms with E-state index in [1.54, 1.807) is 0 Å². The SMILES string of the molecule is CCC1CN1c1ccc2cc(/C=C(\C#N)C(=O)NCC(O)C(O)CO)ccc2c1. The van der Waals surface area contributed by atoms with Crippen LogP contribution in [0.15, 0.2) is 42.0 Å². The lowest BCUT2D eigenvalue weighted by molar-refractivity contribution is -0.118. The molecule has 0 aliphatic carbocycles. The molecule has 0 radical (unpaired) electrons. The van der Waals surface area contributed by atoms with Crippen molar-refractivity contribution < 1.29 is 20.1 Å². The Morgan fingerprint density at radius 2 is 2.00 bits per heavy atom. The third-order valence-electron chi connectivity index (χ3n) is 5.14. The fourth-order valence-corrected chi connectivity index (χ4v) is 3.23. The van der Waals surface area contributed by atoms with Gasteiger partial charge < -0.3 is 25.5 Å². The van der Waals surface area contributed by atoms with E-state index in [-0.39, 0.29) is 12.1 Å². The van der Waals surface area contributed by atoms with Gasteiger partial charge in [-0.2, -0.15) is 5.26 Å². The number of nitriles is 1. The summed E-state index contributed by atoms with van der Waals surface area (Å²) in [4.78, 5) is 14.5. The molecule has 3 atom stereocenters. The summed E-state index contributed by atoms with van der Waals surface area (Å²) in [6, 6.07) is 14.5. The van der Waals surface area contributed by atoms with Crippen molar-refractivity contribution in [2.45, 2.75) is 31.6 Å². The van der Waals surface area contributed by atoms with Gasteiger partial charge in [0.2, 0.25) is 0 Å². The van der Waals surface area contributed by atoms with Crippen LogP contribution in [-0.2, 0) is 4.79 Å². The number of aliphatic hydroxyl groups is 3. The summed E-state index contributed by atoms with van der Waals surface area (Å²) in [5.41, 5.74) is 1.81. The van der Waals surface area contributed by atoms with Crippen molar-refractivity contribution in [1.29, 1.82) is 5.26 Å². The summed E-state index contributed by atoms with van der Waals surface area (Å²) in [5, 5.41) is 41.5. The summed E-state index contributed by atoms with van der Waals surface area (Å²) in [6.07, 6.45) is -0.0470. The molecule has 7 heteroatoms. The second-order valence-corrected chi connectivity index (χ2v) is 7.20. The summed E-state index contributed by atoms with van der Waals surface area (Å²) in [7, 11) is 0. The Labute approximate surface area is 169 Å². The third kappa shape index (κ3) is 4.93. The molecular weight excluding hydrogens is 370 g/mol. The van der Waals surface area contributed by atoms with Crippen molar-refractivity contribution in [3.63, 3.8) is 0 Å². The van der Waals surface area contributed by atoms with Crippen LogP contribution in [-0.4, -0.2) is 59.2 Å². The smallest absolute Gasteiger partial charge is 0.262 e. The second kappa shape index (κ2) is 9.05. The first-order valence-electron chi connectivity index (χ1n) is 9.64. The molecule has 1 amide bonds. The fourth-order valence-electron chi connectivity index (χ4n) is 3.23. The molecule has 1 aliphatic rings. The summed E-state index contributed by atoms with van der Waals surface area (Å²) < 4.78 is 0. The second-order valence-electron chi connectivity index (χ2n) is 7.20. The Bertz CT molecular complexity index is 966. The number of amides is 1. The number of rotatable bonds is 8. The number of hydrogen-bond donors (Lipinski definition) is 4. The highest BCUT2D eigenvalue weighted by atomic mass is 16.4. The van der Waals surface area contributed by atoms with Crippen LogP contribution < -0.4 is 10.2 Å². The molecule has 2 aromatic rings. The van der Waals surface area contributed by atoms with E-state index in [9.17, 15) is 20.3 Å². The molecule has 4 N–H and O–H groups in total. The van der Waals surface area contributed by atoms with Crippen molar-refractivity contribution in [2.75, 3.05) is 24.6 Å². The first kappa shape index (κ1) is 20.8. The van der Waals surface area contributed by atoms with Crippen molar-refractivity contribution in [3.8, 4) is 6.07 Å². The summed E-state index contributed by atoms with van der Waals surface area (Å²) in [6.45, 7) is 2.39. The zero-order chi connectivity index (χ0) is 21.0. The molecule has 3 rings (SSSR count). The van der Waals surface area contributed by atoms with Crippen molar-refractivity contribution in [1.82, 2.24) is 5.32 Å². The average molecular weight is 395 g/mol. The maximum Gasteiger partial charge on any atom is 0.262 e. The predicted molar refractivity (Wildman–Crippen MR) is 111 cm³/mol. The lowest BCUT2D eigenvalue weighted by atomic mass is 10.0. The van der Waals surface area contributed by atoms with Crippen molar-refractivity contribution in [2.24, 2.45) is 0 Å². The summed E-state index contributed by atoms with van der Waals surface area (Å²) >= 11 is 0. The van der Waals surface area contributed by atoms with Gasteiger partial charge in [0, 0.05) is 24.8 Å². The van der Waals surface area contributed by atoms with Crippen molar-refractivity contribution in [3.05, 3.63) is 47.5 Å². The minimum Gasteiger partial charge on any atom is -0.394 e. The van der Waals surface area contributed by atoms with E-state index >= 15 is 0 Å². The molecule has 1 fully saturated rings. The molecule has 29 heavy (non-hydrogen) atoms. The van der Waals surface area contributed by atoms with Gasteiger partial charge in [0.15, 0.2) is 0 Å². The van der Waals surface area contributed by atoms with Gasteiger partial charge in [-0.15, -0.1) is 0 Å². The first-order chi connectivity index (χ1) is 14.0. The highest BCUT2D eigenvalue weighted by molar-refractivity contribution is 6.02.